The van der Waals surface area contributed by atoms with Gasteiger partial charge in [-0.05, 0) is 25.0 Å². The van der Waals surface area contributed by atoms with Crippen LogP contribution in [0.15, 0.2) is 24.4 Å². The van der Waals surface area contributed by atoms with Crippen molar-refractivity contribution in [3.63, 3.8) is 0 Å². The minimum absolute atomic E-state index is 0.0419. The first kappa shape index (κ1) is 16.3. The van der Waals surface area contributed by atoms with Crippen LogP contribution in [-0.4, -0.2) is 41.0 Å². The fourth-order valence-corrected chi connectivity index (χ4v) is 4.62. The lowest BCUT2D eigenvalue weighted by molar-refractivity contribution is 0.355. The van der Waals surface area contributed by atoms with Gasteiger partial charge in [-0.2, -0.15) is 4.31 Å². The van der Waals surface area contributed by atoms with Crippen LogP contribution in [0.25, 0.3) is 0 Å². The van der Waals surface area contributed by atoms with Crippen molar-refractivity contribution < 1.29 is 8.42 Å². The van der Waals surface area contributed by atoms with Gasteiger partial charge in [0.25, 0.3) is 0 Å². The van der Waals surface area contributed by atoms with Crippen molar-refractivity contribution in [2.24, 2.45) is 5.73 Å². The molecule has 1 fully saturated rings. The SMILES string of the molecule is NC(=S)CN(C1CCCC1)S(=O)(=O)CCc1ccccn1. The van der Waals surface area contributed by atoms with Crippen molar-refractivity contribution in [2.75, 3.05) is 12.3 Å². The molecule has 1 aliphatic rings. The van der Waals surface area contributed by atoms with Gasteiger partial charge in [-0.3, -0.25) is 4.98 Å². The van der Waals surface area contributed by atoms with E-state index in [-0.39, 0.29) is 23.3 Å². The van der Waals surface area contributed by atoms with Gasteiger partial charge in [0.1, 0.15) is 0 Å². The minimum atomic E-state index is -3.37. The summed E-state index contributed by atoms with van der Waals surface area (Å²) in [6.45, 7) is 0.143. The summed E-state index contributed by atoms with van der Waals surface area (Å²) in [6.07, 6.45) is 5.99. The Kier molecular flexibility index (Phi) is 5.66. The number of nitrogens with zero attached hydrogens (tertiary/aromatic N) is 2. The predicted octanol–water partition coefficient (Wildman–Crippen LogP) is 1.48. The number of hydrogen-bond acceptors (Lipinski definition) is 4. The summed E-state index contributed by atoms with van der Waals surface area (Å²) in [4.78, 5) is 4.39. The lowest BCUT2D eigenvalue weighted by Gasteiger charge is -2.27. The van der Waals surface area contributed by atoms with Crippen molar-refractivity contribution in [3.05, 3.63) is 30.1 Å². The van der Waals surface area contributed by atoms with E-state index in [0.29, 0.717) is 6.42 Å². The van der Waals surface area contributed by atoms with Crippen LogP contribution in [-0.2, 0) is 16.4 Å². The Bertz CT molecular complexity index is 569. The Balaban J connectivity index is 2.07. The summed E-state index contributed by atoms with van der Waals surface area (Å²) < 4.78 is 26.7. The smallest absolute Gasteiger partial charge is 0.215 e. The molecule has 1 aromatic rings. The van der Waals surface area contributed by atoms with Gasteiger partial charge in [-0.15, -0.1) is 0 Å². The normalized spacial score (nSPS) is 16.4. The first-order valence-electron chi connectivity index (χ1n) is 7.17. The Morgan fingerprint density at radius 3 is 2.67 bits per heavy atom. The largest absolute Gasteiger partial charge is 0.392 e. The van der Waals surface area contributed by atoms with Crippen LogP contribution in [0.4, 0.5) is 0 Å². The highest BCUT2D eigenvalue weighted by molar-refractivity contribution is 7.89. The highest BCUT2D eigenvalue weighted by atomic mass is 32.2. The highest BCUT2D eigenvalue weighted by Gasteiger charge is 2.32. The molecule has 0 aliphatic heterocycles. The third-order valence-electron chi connectivity index (χ3n) is 3.74. The summed E-state index contributed by atoms with van der Waals surface area (Å²) in [6, 6.07) is 5.55. The maximum Gasteiger partial charge on any atom is 0.215 e. The van der Waals surface area contributed by atoms with Crippen LogP contribution in [0.1, 0.15) is 31.4 Å². The zero-order valence-corrected chi connectivity index (χ0v) is 13.6. The molecule has 1 heterocycles. The lowest BCUT2D eigenvalue weighted by atomic mass is 10.2. The van der Waals surface area contributed by atoms with Crippen LogP contribution >= 0.6 is 12.2 Å². The molecule has 0 spiro atoms. The minimum Gasteiger partial charge on any atom is -0.392 e. The average Bonchev–Trinajstić information content (AvgIpc) is 2.97. The maximum absolute atomic E-state index is 12.6. The van der Waals surface area contributed by atoms with Crippen molar-refractivity contribution in [3.8, 4) is 0 Å². The fraction of sp³-hybridized carbons (Fsp3) is 0.571. The molecule has 0 aromatic carbocycles. The van der Waals surface area contributed by atoms with E-state index < -0.39 is 10.0 Å². The molecular formula is C14H21N3O2S2. The van der Waals surface area contributed by atoms with Gasteiger partial charge in [-0.25, -0.2) is 8.42 Å². The van der Waals surface area contributed by atoms with Crippen LogP contribution in [0.3, 0.4) is 0 Å². The molecule has 7 heteroatoms. The lowest BCUT2D eigenvalue weighted by Crippen LogP contribution is -2.44. The zero-order chi connectivity index (χ0) is 15.3. The van der Waals surface area contributed by atoms with E-state index in [4.69, 9.17) is 18.0 Å². The van der Waals surface area contributed by atoms with E-state index in [2.05, 4.69) is 4.98 Å². The fourth-order valence-electron chi connectivity index (χ4n) is 2.70. The molecule has 0 unspecified atom stereocenters. The number of pyridine rings is 1. The van der Waals surface area contributed by atoms with Crippen molar-refractivity contribution >= 4 is 27.2 Å². The summed E-state index contributed by atoms with van der Waals surface area (Å²) in [7, 11) is -3.37. The first-order chi connectivity index (χ1) is 9.99. The number of thiocarbonyl (C=S) groups is 1. The van der Waals surface area contributed by atoms with Crippen LogP contribution in [0, 0.1) is 0 Å². The quantitative estimate of drug-likeness (QED) is 0.768. The molecule has 2 N–H and O–H groups in total. The first-order valence-corrected chi connectivity index (χ1v) is 9.18. The van der Waals surface area contributed by atoms with Gasteiger partial charge >= 0.3 is 0 Å². The molecule has 1 aliphatic carbocycles. The molecule has 1 saturated carbocycles. The summed E-state index contributed by atoms with van der Waals surface area (Å²) in [5, 5.41) is 0. The monoisotopic (exact) mass is 327 g/mol. The molecule has 21 heavy (non-hydrogen) atoms. The highest BCUT2D eigenvalue weighted by Crippen LogP contribution is 2.26. The molecule has 1 aromatic heterocycles. The molecule has 0 saturated heterocycles. The Hall–Kier alpha value is -1.05. The summed E-state index contributed by atoms with van der Waals surface area (Å²) in [5.74, 6) is 0.0448. The van der Waals surface area contributed by atoms with Gasteiger partial charge in [-0.1, -0.05) is 31.1 Å². The molecule has 2 rings (SSSR count). The summed E-state index contributed by atoms with van der Waals surface area (Å²) in [5.41, 5.74) is 6.36. The molecule has 0 radical (unpaired) electrons. The predicted molar refractivity (Wildman–Crippen MR) is 87.5 cm³/mol. The van der Waals surface area contributed by atoms with Gasteiger partial charge in [0.15, 0.2) is 0 Å². The van der Waals surface area contributed by atoms with Crippen LogP contribution in [0.2, 0.25) is 0 Å². The Labute approximate surface area is 131 Å². The van der Waals surface area contributed by atoms with Crippen molar-refractivity contribution in [2.45, 2.75) is 38.1 Å². The van der Waals surface area contributed by atoms with E-state index in [1.165, 1.54) is 4.31 Å². The van der Waals surface area contributed by atoms with E-state index in [9.17, 15) is 8.42 Å². The third-order valence-corrected chi connectivity index (χ3v) is 5.73. The second-order valence-corrected chi connectivity index (χ2v) is 7.90. The van der Waals surface area contributed by atoms with Gasteiger partial charge in [0.05, 0.1) is 17.3 Å². The Morgan fingerprint density at radius 2 is 2.10 bits per heavy atom. The average molecular weight is 327 g/mol. The number of sulfonamides is 1. The number of aromatic nitrogens is 1. The van der Waals surface area contributed by atoms with Crippen molar-refractivity contribution in [1.82, 2.24) is 9.29 Å². The number of rotatable bonds is 7. The van der Waals surface area contributed by atoms with E-state index >= 15 is 0 Å². The Morgan fingerprint density at radius 1 is 1.38 bits per heavy atom. The summed E-state index contributed by atoms with van der Waals surface area (Å²) >= 11 is 4.91. The molecule has 0 atom stereocenters. The molecule has 0 amide bonds. The van der Waals surface area contributed by atoms with Gasteiger partial charge in [0, 0.05) is 24.4 Å². The van der Waals surface area contributed by atoms with E-state index in [1.807, 2.05) is 18.2 Å². The number of nitrogens with two attached hydrogens (primary N) is 1. The standard InChI is InChI=1S/C14H21N3O2S2/c15-14(20)11-17(13-6-1-2-7-13)21(18,19)10-8-12-5-3-4-9-16-12/h3-5,9,13H,1-2,6-8,10-11H2,(H2,15,20). The second-order valence-electron chi connectivity index (χ2n) is 5.34. The maximum atomic E-state index is 12.6. The van der Waals surface area contributed by atoms with Gasteiger partial charge in [0.2, 0.25) is 10.0 Å². The van der Waals surface area contributed by atoms with E-state index in [0.717, 1.165) is 31.4 Å². The van der Waals surface area contributed by atoms with Crippen molar-refractivity contribution in [1.29, 1.82) is 0 Å². The zero-order valence-electron chi connectivity index (χ0n) is 11.9. The number of hydrogen-bond donors (Lipinski definition) is 1. The molecule has 0 bridgehead atoms. The second kappa shape index (κ2) is 7.29. The topological polar surface area (TPSA) is 76.3 Å². The van der Waals surface area contributed by atoms with E-state index in [1.54, 1.807) is 6.20 Å². The van der Waals surface area contributed by atoms with Crippen LogP contribution < -0.4 is 5.73 Å². The van der Waals surface area contributed by atoms with Gasteiger partial charge < -0.3 is 5.73 Å². The third kappa shape index (κ3) is 4.72. The molecule has 5 nitrogen and oxygen atoms in total. The van der Waals surface area contributed by atoms with Crippen LogP contribution in [0.5, 0.6) is 0 Å². The molecular weight excluding hydrogens is 306 g/mol. The number of aryl methyl sites for hydroxylation is 1. The molecule has 116 valence electrons.